The molecule has 0 heterocycles. The average Bonchev–Trinajstić information content (AvgIpc) is 3.15. The monoisotopic (exact) mass is 888 g/mol. The maximum atomic E-state index is 14.3. The molecule has 5 rings (SSSR count). The van der Waals surface area contributed by atoms with Crippen molar-refractivity contribution in [3.63, 3.8) is 0 Å². The molecule has 0 aliphatic rings. The van der Waals surface area contributed by atoms with E-state index in [0.29, 0.717) is 10.1 Å². The summed E-state index contributed by atoms with van der Waals surface area (Å²) in [6, 6.07) is 27.0. The van der Waals surface area contributed by atoms with Crippen LogP contribution in [0.5, 0.6) is 0 Å². The minimum absolute atomic E-state index is 0.186. The fourth-order valence-corrected chi connectivity index (χ4v) is 13.4. The van der Waals surface area contributed by atoms with Gasteiger partial charge in [-0.1, -0.05) is 82.9 Å². The van der Waals surface area contributed by atoms with E-state index in [9.17, 15) is 33.7 Å². The van der Waals surface area contributed by atoms with Gasteiger partial charge < -0.3 is 11.5 Å². The Morgan fingerprint density at radius 1 is 0.455 bits per heavy atom. The Kier molecular flexibility index (Phi) is 13.1. The summed E-state index contributed by atoms with van der Waals surface area (Å²) in [5.74, 6) is 0. The fraction of sp³-hybridized carbons (Fsp3) is 0.211. The zero-order valence-corrected chi connectivity index (χ0v) is 34.7. The summed E-state index contributed by atoms with van der Waals surface area (Å²) in [5, 5.41) is 0. The normalized spacial score (nSPS) is 12.5. The molecule has 17 heteroatoms. The number of sulfonamides is 4. The molecule has 292 valence electrons. The maximum Gasteiger partial charge on any atom is 0.277 e. The van der Waals surface area contributed by atoms with Crippen molar-refractivity contribution in [2.24, 2.45) is 0 Å². The van der Waals surface area contributed by atoms with Crippen LogP contribution >= 0.6 is 15.9 Å². The van der Waals surface area contributed by atoms with Gasteiger partial charge in [0.1, 0.15) is 0 Å². The van der Waals surface area contributed by atoms with Gasteiger partial charge in [-0.15, -0.1) is 0 Å². The third-order valence-corrected chi connectivity index (χ3v) is 17.8. The number of nitrogens with zero attached hydrogens (tertiary/aromatic N) is 2. The molecule has 0 bridgehead atoms. The molecular weight excluding hydrogens is 849 g/mol. The largest absolute Gasteiger partial charge is 0.399 e. The third kappa shape index (κ3) is 9.41. The van der Waals surface area contributed by atoms with Gasteiger partial charge in [0.15, 0.2) is 0 Å². The van der Waals surface area contributed by atoms with E-state index in [1.165, 1.54) is 36.4 Å². The van der Waals surface area contributed by atoms with E-state index in [4.69, 9.17) is 11.5 Å². The molecule has 0 radical (unpaired) electrons. The topological polar surface area (TPSA) is 195 Å². The van der Waals surface area contributed by atoms with Crippen molar-refractivity contribution in [3.05, 3.63) is 126 Å². The Hall–Kier alpha value is -4.26. The number of anilines is 3. The zero-order valence-electron chi connectivity index (χ0n) is 29.8. The Labute approximate surface area is 332 Å². The molecule has 0 aromatic heterocycles. The highest BCUT2D eigenvalue weighted by atomic mass is 79.9. The highest BCUT2D eigenvalue weighted by Gasteiger charge is 2.39. The third-order valence-electron chi connectivity index (χ3n) is 8.70. The minimum Gasteiger partial charge on any atom is -0.399 e. The first-order valence-corrected chi connectivity index (χ1v) is 23.8. The van der Waals surface area contributed by atoms with Gasteiger partial charge >= 0.3 is 0 Å². The molecule has 0 unspecified atom stereocenters. The van der Waals surface area contributed by atoms with Crippen molar-refractivity contribution in [1.82, 2.24) is 3.71 Å². The van der Waals surface area contributed by atoms with Gasteiger partial charge in [0.25, 0.3) is 40.1 Å². The van der Waals surface area contributed by atoms with Crippen molar-refractivity contribution < 1.29 is 33.7 Å². The zero-order chi connectivity index (χ0) is 40.0. The van der Waals surface area contributed by atoms with Crippen molar-refractivity contribution in [2.75, 3.05) is 21.7 Å². The van der Waals surface area contributed by atoms with Gasteiger partial charge in [-0.2, -0.15) is 3.71 Å². The van der Waals surface area contributed by atoms with E-state index in [0.717, 1.165) is 89.8 Å². The van der Waals surface area contributed by atoms with Gasteiger partial charge in [0, 0.05) is 22.4 Å². The van der Waals surface area contributed by atoms with E-state index in [1.807, 2.05) is 24.3 Å². The molecule has 0 fully saturated rings. The predicted molar refractivity (Wildman–Crippen MR) is 219 cm³/mol. The Morgan fingerprint density at radius 3 is 1.24 bits per heavy atom. The smallest absolute Gasteiger partial charge is 0.277 e. The summed E-state index contributed by atoms with van der Waals surface area (Å²) in [7, 11) is -19.2. The molecule has 5 aromatic rings. The second kappa shape index (κ2) is 17.3. The van der Waals surface area contributed by atoms with E-state index >= 15 is 0 Å². The van der Waals surface area contributed by atoms with Gasteiger partial charge in [0.2, 0.25) is 0 Å². The predicted octanol–water partition coefficient (Wildman–Crippen LogP) is 7.60. The molecule has 0 atom stereocenters. The number of nitrogen functional groups attached to an aromatic ring is 2. The van der Waals surface area contributed by atoms with Crippen LogP contribution in [0.25, 0.3) is 11.1 Å². The highest BCUT2D eigenvalue weighted by Crippen LogP contribution is 2.34. The van der Waals surface area contributed by atoms with Crippen molar-refractivity contribution in [2.45, 2.75) is 65.0 Å². The summed E-state index contributed by atoms with van der Waals surface area (Å²) in [6.07, 6.45) is 4.55. The summed E-state index contributed by atoms with van der Waals surface area (Å²) in [6.45, 7) is 1.71. The van der Waals surface area contributed by atoms with Crippen LogP contribution < -0.4 is 15.2 Å². The molecule has 0 aliphatic carbocycles. The lowest BCUT2D eigenvalue weighted by molar-refractivity contribution is 0.479. The highest BCUT2D eigenvalue weighted by molar-refractivity contribution is 9.10. The van der Waals surface area contributed by atoms with Crippen LogP contribution in [0.2, 0.25) is 0 Å². The van der Waals surface area contributed by atoms with Gasteiger partial charge in [-0.05, 0) is 115 Å². The number of nitrogens with two attached hydrogens (primary N) is 2. The lowest BCUT2D eigenvalue weighted by Crippen LogP contribution is -2.38. The average molecular weight is 890 g/mol. The van der Waals surface area contributed by atoms with E-state index in [-0.39, 0.29) is 32.9 Å². The lowest BCUT2D eigenvalue weighted by atomic mass is 10.1. The number of halogens is 1. The van der Waals surface area contributed by atoms with E-state index in [1.54, 1.807) is 12.1 Å². The Morgan fingerprint density at radius 2 is 0.800 bits per heavy atom. The Balaban J connectivity index is 1.55. The first-order valence-electron chi connectivity index (χ1n) is 17.3. The van der Waals surface area contributed by atoms with Crippen molar-refractivity contribution in [1.29, 1.82) is 0 Å². The van der Waals surface area contributed by atoms with Gasteiger partial charge in [-0.3, -0.25) is 0 Å². The second-order valence-electron chi connectivity index (χ2n) is 12.6. The molecule has 0 amide bonds. The van der Waals surface area contributed by atoms with E-state index < -0.39 is 60.5 Å². The number of benzene rings is 5. The molecule has 4 N–H and O–H groups in total. The molecule has 0 saturated carbocycles. The SMILES string of the molecule is CCCCCCCCN(S(=O)(=O)c1ccc(-c2ccc(Br)cc2)cc1)S(=O)(=O)c1ccc(N(S(=O)(=O)c2ccc(N)cc2)S(=O)(=O)c2ccc(N)cc2)cc1. The van der Waals surface area contributed by atoms with Crippen LogP contribution in [0.3, 0.4) is 0 Å². The summed E-state index contributed by atoms with van der Waals surface area (Å²) in [5.41, 5.74) is 13.1. The second-order valence-corrected chi connectivity index (χ2v) is 21.3. The number of hydrogen-bond donors (Lipinski definition) is 2. The van der Waals surface area contributed by atoms with Crippen LogP contribution in [-0.4, -0.2) is 43.9 Å². The summed E-state index contributed by atoms with van der Waals surface area (Å²) >= 11 is 3.39. The maximum absolute atomic E-state index is 14.3. The van der Waals surface area contributed by atoms with Crippen LogP contribution in [0, 0.1) is 0 Å². The molecule has 0 spiro atoms. The molecule has 55 heavy (non-hydrogen) atoms. The van der Waals surface area contributed by atoms with E-state index in [2.05, 4.69) is 22.9 Å². The summed E-state index contributed by atoms with van der Waals surface area (Å²) < 4.78 is 115. The number of hydrogen-bond acceptors (Lipinski definition) is 10. The molecule has 0 aliphatic heterocycles. The van der Waals surface area contributed by atoms with Crippen LogP contribution in [-0.2, 0) is 40.1 Å². The lowest BCUT2D eigenvalue weighted by Gasteiger charge is -2.25. The molecule has 5 aromatic carbocycles. The van der Waals surface area contributed by atoms with Gasteiger partial charge in [-0.25, -0.2) is 33.7 Å². The fourth-order valence-electron chi connectivity index (χ4n) is 5.71. The quantitative estimate of drug-likeness (QED) is 0.0693. The Bertz CT molecular complexity index is 2460. The van der Waals surface area contributed by atoms with Crippen LogP contribution in [0.1, 0.15) is 45.4 Å². The first kappa shape index (κ1) is 41.9. The van der Waals surface area contributed by atoms with Crippen molar-refractivity contribution in [3.8, 4) is 11.1 Å². The first-order chi connectivity index (χ1) is 26.0. The van der Waals surface area contributed by atoms with Gasteiger partial charge in [0.05, 0.1) is 25.3 Å². The summed E-state index contributed by atoms with van der Waals surface area (Å²) in [4.78, 5) is -1.54. The number of unbranched alkanes of at least 4 members (excludes halogenated alkanes) is 5. The molecule has 12 nitrogen and oxygen atoms in total. The van der Waals surface area contributed by atoms with Crippen LogP contribution in [0.4, 0.5) is 17.1 Å². The van der Waals surface area contributed by atoms with Crippen molar-refractivity contribution >= 4 is 73.1 Å². The number of rotatable bonds is 17. The van der Waals surface area contributed by atoms with Crippen LogP contribution in [0.15, 0.2) is 145 Å². The standard InChI is InChI=1S/C38H41BrN4O8S4/c1-2-3-4-5-6-7-28-42(52(44,45)35-20-10-30(11-21-35)29-8-12-31(39)13-9-29)53(46,47)36-26-18-34(19-27-36)43(54(48,49)37-22-14-32(40)15-23-37)55(50,51)38-24-16-33(41)17-25-38/h8-27H,2-7,28,40-41H2,1H3. The molecular formula is C38H41BrN4O8S4. The molecule has 0 saturated heterocycles. The minimum atomic E-state index is -4.86.